The number of likely N-dealkylation sites (N-methyl/N-ethyl adjacent to an activating group) is 1. The summed E-state index contributed by atoms with van der Waals surface area (Å²) in [5.74, 6) is 0. The van der Waals surface area contributed by atoms with Gasteiger partial charge in [-0.3, -0.25) is 0 Å². The highest BCUT2D eigenvalue weighted by Crippen LogP contribution is 2.22. The summed E-state index contributed by atoms with van der Waals surface area (Å²) in [7, 11) is 1.74. The second kappa shape index (κ2) is 7.64. The average Bonchev–Trinajstić information content (AvgIpc) is 2.41. The van der Waals surface area contributed by atoms with E-state index in [4.69, 9.17) is 4.74 Å². The number of hydrogen-bond acceptors (Lipinski definition) is 2. The van der Waals surface area contributed by atoms with Crippen LogP contribution in [0.1, 0.15) is 36.6 Å². The third-order valence-electron chi connectivity index (χ3n) is 3.27. The van der Waals surface area contributed by atoms with Crippen LogP contribution in [-0.2, 0) is 17.6 Å². The van der Waals surface area contributed by atoms with Gasteiger partial charge < -0.3 is 10.1 Å². The molecule has 0 saturated heterocycles. The van der Waals surface area contributed by atoms with Crippen molar-refractivity contribution < 1.29 is 17.9 Å². The van der Waals surface area contributed by atoms with Crippen LogP contribution >= 0.6 is 0 Å². The lowest BCUT2D eigenvalue weighted by Crippen LogP contribution is -2.26. The first kappa shape index (κ1) is 17.0. The Morgan fingerprint density at radius 2 is 1.90 bits per heavy atom. The van der Waals surface area contributed by atoms with E-state index in [9.17, 15) is 13.2 Å². The average molecular weight is 289 g/mol. The van der Waals surface area contributed by atoms with Gasteiger partial charge in [0.15, 0.2) is 0 Å². The van der Waals surface area contributed by atoms with Crippen LogP contribution in [0.25, 0.3) is 0 Å². The molecule has 0 spiro atoms. The molecule has 0 saturated carbocycles. The number of nitrogens with one attached hydrogen (secondary N) is 1. The van der Waals surface area contributed by atoms with Gasteiger partial charge in [0.2, 0.25) is 0 Å². The van der Waals surface area contributed by atoms with Crippen molar-refractivity contribution in [3.8, 4) is 0 Å². The summed E-state index contributed by atoms with van der Waals surface area (Å²) in [6, 6.07) is 5.93. The van der Waals surface area contributed by atoms with Crippen molar-refractivity contribution in [1.82, 2.24) is 5.32 Å². The number of ether oxygens (including phenoxy) is 1. The minimum atomic E-state index is -4.28. The molecule has 1 rings (SSSR count). The fraction of sp³-hybridized carbons (Fsp3) is 0.600. The first-order valence-corrected chi connectivity index (χ1v) is 6.84. The van der Waals surface area contributed by atoms with Crippen LogP contribution in [0.3, 0.4) is 0 Å². The summed E-state index contributed by atoms with van der Waals surface area (Å²) in [5, 5.41) is 3.04. The van der Waals surface area contributed by atoms with E-state index in [0.717, 1.165) is 24.0 Å². The van der Waals surface area contributed by atoms with Crippen LogP contribution in [0.5, 0.6) is 0 Å². The highest BCUT2D eigenvalue weighted by atomic mass is 19.4. The van der Waals surface area contributed by atoms with Crippen molar-refractivity contribution in [3.05, 3.63) is 34.9 Å². The largest absolute Gasteiger partial charge is 0.411 e. The molecule has 2 nitrogen and oxygen atoms in total. The van der Waals surface area contributed by atoms with E-state index in [-0.39, 0.29) is 12.6 Å². The summed E-state index contributed by atoms with van der Waals surface area (Å²) in [5.41, 5.74) is 3.34. The standard InChI is InChI=1S/C15H22F3NO/c1-4-11-6-7-12(5-2)13(8-11)14(19-3)9-20-10-15(16,17)18/h6-8,14,19H,4-5,9-10H2,1-3H3. The third kappa shape index (κ3) is 5.13. The van der Waals surface area contributed by atoms with Crippen LogP contribution in [0.4, 0.5) is 13.2 Å². The molecule has 0 heterocycles. The molecule has 1 N–H and O–H groups in total. The predicted molar refractivity (Wildman–Crippen MR) is 73.9 cm³/mol. The Labute approximate surface area is 118 Å². The van der Waals surface area contributed by atoms with Crippen molar-refractivity contribution in [3.63, 3.8) is 0 Å². The van der Waals surface area contributed by atoms with Gasteiger partial charge in [-0.2, -0.15) is 13.2 Å². The van der Waals surface area contributed by atoms with E-state index in [1.54, 1.807) is 7.05 Å². The lowest BCUT2D eigenvalue weighted by molar-refractivity contribution is -0.175. The second-order valence-corrected chi connectivity index (χ2v) is 4.71. The van der Waals surface area contributed by atoms with Gasteiger partial charge in [0, 0.05) is 0 Å². The number of halogens is 3. The van der Waals surface area contributed by atoms with E-state index in [0.29, 0.717) is 0 Å². The molecule has 1 atom stereocenters. The number of rotatable bonds is 7. The minimum Gasteiger partial charge on any atom is -0.370 e. The molecule has 1 aromatic rings. The molecule has 0 amide bonds. The van der Waals surface area contributed by atoms with E-state index in [1.165, 1.54) is 5.56 Å². The zero-order chi connectivity index (χ0) is 15.2. The number of aryl methyl sites for hydroxylation is 2. The Bertz CT molecular complexity index is 418. The summed E-state index contributed by atoms with van der Waals surface area (Å²) in [4.78, 5) is 0. The fourth-order valence-corrected chi connectivity index (χ4v) is 2.13. The Kier molecular flexibility index (Phi) is 6.49. The van der Waals surface area contributed by atoms with Gasteiger partial charge in [-0.05, 0) is 36.6 Å². The first-order chi connectivity index (χ1) is 9.41. The minimum absolute atomic E-state index is 0.0101. The van der Waals surface area contributed by atoms with Crippen molar-refractivity contribution in [2.45, 2.75) is 38.9 Å². The van der Waals surface area contributed by atoms with E-state index >= 15 is 0 Å². The van der Waals surface area contributed by atoms with Gasteiger partial charge in [-0.25, -0.2) is 0 Å². The molecule has 114 valence electrons. The van der Waals surface area contributed by atoms with Crippen LogP contribution < -0.4 is 5.32 Å². The smallest absolute Gasteiger partial charge is 0.370 e. The number of benzene rings is 1. The molecule has 1 aromatic carbocycles. The Balaban J connectivity index is 2.82. The normalized spacial score (nSPS) is 13.5. The van der Waals surface area contributed by atoms with Crippen molar-refractivity contribution in [2.75, 3.05) is 20.3 Å². The maximum absolute atomic E-state index is 12.1. The molecule has 0 radical (unpaired) electrons. The Morgan fingerprint density at radius 1 is 1.20 bits per heavy atom. The molecule has 0 aliphatic heterocycles. The maximum Gasteiger partial charge on any atom is 0.411 e. The number of hydrogen-bond donors (Lipinski definition) is 1. The molecule has 0 bridgehead atoms. The van der Waals surface area contributed by atoms with Gasteiger partial charge in [0.1, 0.15) is 6.61 Å². The van der Waals surface area contributed by atoms with E-state index in [2.05, 4.69) is 24.4 Å². The Hall–Kier alpha value is -1.07. The lowest BCUT2D eigenvalue weighted by Gasteiger charge is -2.21. The molecular weight excluding hydrogens is 267 g/mol. The highest BCUT2D eigenvalue weighted by molar-refractivity contribution is 5.34. The van der Waals surface area contributed by atoms with Crippen molar-refractivity contribution in [2.24, 2.45) is 0 Å². The predicted octanol–water partition coefficient (Wildman–Crippen LogP) is 3.65. The van der Waals surface area contributed by atoms with Gasteiger partial charge >= 0.3 is 6.18 Å². The quantitative estimate of drug-likeness (QED) is 0.827. The van der Waals surface area contributed by atoms with Crippen LogP contribution in [0.2, 0.25) is 0 Å². The van der Waals surface area contributed by atoms with Crippen LogP contribution in [-0.4, -0.2) is 26.4 Å². The molecular formula is C15H22F3NO. The van der Waals surface area contributed by atoms with Crippen LogP contribution in [0, 0.1) is 0 Å². The molecule has 0 aromatic heterocycles. The zero-order valence-corrected chi connectivity index (χ0v) is 12.2. The zero-order valence-electron chi connectivity index (χ0n) is 12.2. The second-order valence-electron chi connectivity index (χ2n) is 4.71. The van der Waals surface area contributed by atoms with Gasteiger partial charge in [0.25, 0.3) is 0 Å². The van der Waals surface area contributed by atoms with Crippen LogP contribution in [0.15, 0.2) is 18.2 Å². The third-order valence-corrected chi connectivity index (χ3v) is 3.27. The summed E-state index contributed by atoms with van der Waals surface area (Å²) in [6.07, 6.45) is -2.54. The summed E-state index contributed by atoms with van der Waals surface area (Å²) in [6.45, 7) is 2.89. The van der Waals surface area contributed by atoms with Gasteiger partial charge in [-0.1, -0.05) is 32.0 Å². The van der Waals surface area contributed by atoms with E-state index < -0.39 is 12.8 Å². The Morgan fingerprint density at radius 3 is 2.40 bits per heavy atom. The first-order valence-electron chi connectivity index (χ1n) is 6.84. The van der Waals surface area contributed by atoms with Crippen molar-refractivity contribution >= 4 is 0 Å². The number of alkyl halides is 3. The summed E-state index contributed by atoms with van der Waals surface area (Å²) >= 11 is 0. The molecule has 1 unspecified atom stereocenters. The lowest BCUT2D eigenvalue weighted by atomic mass is 9.95. The molecule has 20 heavy (non-hydrogen) atoms. The summed E-state index contributed by atoms with van der Waals surface area (Å²) < 4.78 is 41.2. The highest BCUT2D eigenvalue weighted by Gasteiger charge is 2.28. The maximum atomic E-state index is 12.1. The van der Waals surface area contributed by atoms with Crippen molar-refractivity contribution in [1.29, 1.82) is 0 Å². The topological polar surface area (TPSA) is 21.3 Å². The fourth-order valence-electron chi connectivity index (χ4n) is 2.13. The van der Waals surface area contributed by atoms with Gasteiger partial charge in [-0.15, -0.1) is 0 Å². The van der Waals surface area contributed by atoms with Gasteiger partial charge in [0.05, 0.1) is 12.6 Å². The molecule has 5 heteroatoms. The molecule has 0 fully saturated rings. The molecule has 0 aliphatic rings. The SMILES string of the molecule is CCc1ccc(CC)c(C(COCC(F)(F)F)NC)c1. The molecule has 0 aliphatic carbocycles. The monoisotopic (exact) mass is 289 g/mol. The van der Waals surface area contributed by atoms with E-state index in [1.807, 2.05) is 13.0 Å².